The van der Waals surface area contributed by atoms with E-state index in [1.54, 1.807) is 0 Å². The normalized spacial score (nSPS) is 14.9. The van der Waals surface area contributed by atoms with Crippen molar-refractivity contribution in [3.8, 4) is 16.9 Å². The van der Waals surface area contributed by atoms with Gasteiger partial charge in [0.15, 0.2) is 0 Å². The monoisotopic (exact) mass is 385 g/mol. The number of aromatic nitrogens is 4. The van der Waals surface area contributed by atoms with Crippen LogP contribution in [0.1, 0.15) is 31.2 Å². The summed E-state index contributed by atoms with van der Waals surface area (Å²) in [5, 5.41) is 4.53. The first-order chi connectivity index (χ1) is 12.8. The van der Waals surface area contributed by atoms with Crippen molar-refractivity contribution in [2.75, 3.05) is 19.6 Å². The first-order valence-corrected chi connectivity index (χ1v) is 9.64. The Morgan fingerprint density at radius 3 is 2.52 bits per heavy atom. The van der Waals surface area contributed by atoms with Gasteiger partial charge in [-0.05, 0) is 58.0 Å². The third kappa shape index (κ3) is 4.79. The molecule has 1 fully saturated rings. The lowest BCUT2D eigenvalue weighted by Gasteiger charge is -2.26. The molecule has 0 aliphatic carbocycles. The zero-order valence-electron chi connectivity index (χ0n) is 15.9. The summed E-state index contributed by atoms with van der Waals surface area (Å²) in [5.41, 5.74) is 4.59. The molecule has 4 rings (SSSR count). The van der Waals surface area contributed by atoms with Crippen LogP contribution in [-0.4, -0.2) is 43.9 Å². The third-order valence-corrected chi connectivity index (χ3v) is 5.21. The fraction of sp³-hybridized carbons (Fsp3) is 0.429. The summed E-state index contributed by atoms with van der Waals surface area (Å²) >= 11 is 0. The molecule has 1 aliphatic rings. The quantitative estimate of drug-likeness (QED) is 0.633. The van der Waals surface area contributed by atoms with Gasteiger partial charge < -0.3 is 9.47 Å². The summed E-state index contributed by atoms with van der Waals surface area (Å²) in [7, 11) is 0. The SMILES string of the molecule is Cc1ccc(-n2cc(-c3cncn3CCCN3CCCCC3)cn2)cc1.Cl. The molecule has 144 valence electrons. The number of halogens is 1. The van der Waals surface area contributed by atoms with Crippen molar-refractivity contribution in [2.45, 2.75) is 39.2 Å². The van der Waals surface area contributed by atoms with E-state index in [0.717, 1.165) is 29.9 Å². The number of piperidine rings is 1. The minimum Gasteiger partial charge on any atom is -0.330 e. The Morgan fingerprint density at radius 1 is 0.963 bits per heavy atom. The van der Waals surface area contributed by atoms with Crippen LogP contribution in [0, 0.1) is 6.92 Å². The van der Waals surface area contributed by atoms with Crippen molar-refractivity contribution in [1.82, 2.24) is 24.2 Å². The zero-order valence-corrected chi connectivity index (χ0v) is 16.7. The molecule has 1 aromatic carbocycles. The van der Waals surface area contributed by atoms with E-state index >= 15 is 0 Å². The summed E-state index contributed by atoms with van der Waals surface area (Å²) in [5.74, 6) is 0. The molecule has 0 radical (unpaired) electrons. The molecular weight excluding hydrogens is 358 g/mol. The minimum atomic E-state index is 0. The largest absolute Gasteiger partial charge is 0.330 e. The number of benzene rings is 1. The Hall–Kier alpha value is -2.11. The summed E-state index contributed by atoms with van der Waals surface area (Å²) in [6, 6.07) is 8.42. The molecule has 5 nitrogen and oxygen atoms in total. The molecule has 3 heterocycles. The Balaban J connectivity index is 0.00000210. The van der Waals surface area contributed by atoms with Crippen LogP contribution in [0.2, 0.25) is 0 Å². The lowest BCUT2D eigenvalue weighted by molar-refractivity contribution is 0.223. The number of hydrogen-bond acceptors (Lipinski definition) is 3. The highest BCUT2D eigenvalue weighted by Crippen LogP contribution is 2.21. The van der Waals surface area contributed by atoms with Crippen molar-refractivity contribution < 1.29 is 0 Å². The van der Waals surface area contributed by atoms with Gasteiger partial charge in [-0.3, -0.25) is 0 Å². The second-order valence-corrected chi connectivity index (χ2v) is 7.24. The molecule has 0 unspecified atom stereocenters. The molecule has 0 amide bonds. The molecule has 6 heteroatoms. The average molecular weight is 386 g/mol. The molecule has 0 atom stereocenters. The van der Waals surface area contributed by atoms with Crippen LogP contribution in [-0.2, 0) is 6.54 Å². The predicted octanol–water partition coefficient (Wildman–Crippen LogP) is 4.34. The van der Waals surface area contributed by atoms with Gasteiger partial charge >= 0.3 is 0 Å². The fourth-order valence-corrected chi connectivity index (χ4v) is 3.68. The van der Waals surface area contributed by atoms with Crippen LogP contribution in [0.25, 0.3) is 16.9 Å². The third-order valence-electron chi connectivity index (χ3n) is 5.21. The lowest BCUT2D eigenvalue weighted by Crippen LogP contribution is -2.31. The van der Waals surface area contributed by atoms with Crippen LogP contribution >= 0.6 is 12.4 Å². The van der Waals surface area contributed by atoms with Crippen molar-refractivity contribution in [1.29, 1.82) is 0 Å². The maximum absolute atomic E-state index is 4.53. The Labute approximate surface area is 167 Å². The van der Waals surface area contributed by atoms with Gasteiger partial charge in [-0.25, -0.2) is 9.67 Å². The van der Waals surface area contributed by atoms with Crippen LogP contribution in [0.15, 0.2) is 49.2 Å². The maximum Gasteiger partial charge on any atom is 0.0950 e. The molecule has 27 heavy (non-hydrogen) atoms. The van der Waals surface area contributed by atoms with Crippen LogP contribution in [0.3, 0.4) is 0 Å². The van der Waals surface area contributed by atoms with E-state index in [2.05, 4.69) is 56.9 Å². The minimum absolute atomic E-state index is 0. The van der Waals surface area contributed by atoms with Gasteiger partial charge in [0.25, 0.3) is 0 Å². The average Bonchev–Trinajstić information content (AvgIpc) is 3.32. The number of nitrogens with zero attached hydrogens (tertiary/aromatic N) is 5. The van der Waals surface area contributed by atoms with Crippen molar-refractivity contribution in [3.63, 3.8) is 0 Å². The highest BCUT2D eigenvalue weighted by molar-refractivity contribution is 5.85. The van der Waals surface area contributed by atoms with Gasteiger partial charge in [0.2, 0.25) is 0 Å². The van der Waals surface area contributed by atoms with E-state index in [0.29, 0.717) is 0 Å². The number of likely N-dealkylation sites (tertiary alicyclic amines) is 1. The van der Waals surface area contributed by atoms with E-state index in [9.17, 15) is 0 Å². The van der Waals surface area contributed by atoms with E-state index in [-0.39, 0.29) is 12.4 Å². The van der Waals surface area contributed by atoms with Gasteiger partial charge in [-0.15, -0.1) is 12.4 Å². The Kier molecular flexibility index (Phi) is 6.69. The Morgan fingerprint density at radius 2 is 1.74 bits per heavy atom. The van der Waals surface area contributed by atoms with Crippen LogP contribution in [0.4, 0.5) is 0 Å². The van der Waals surface area contributed by atoms with Crippen molar-refractivity contribution in [3.05, 3.63) is 54.7 Å². The molecule has 0 saturated carbocycles. The lowest BCUT2D eigenvalue weighted by atomic mass is 10.1. The topological polar surface area (TPSA) is 38.9 Å². The van der Waals surface area contributed by atoms with E-state index in [4.69, 9.17) is 0 Å². The molecule has 0 spiro atoms. The van der Waals surface area contributed by atoms with Gasteiger partial charge in [0.1, 0.15) is 0 Å². The number of imidazole rings is 1. The van der Waals surface area contributed by atoms with Gasteiger partial charge in [0.05, 0.1) is 30.1 Å². The fourth-order valence-electron chi connectivity index (χ4n) is 3.68. The second kappa shape index (κ2) is 9.20. The van der Waals surface area contributed by atoms with E-state index < -0.39 is 0 Å². The standard InChI is InChI=1S/C21H27N5.ClH/c1-18-6-8-20(9-7-18)26-16-19(14-23-26)21-15-22-17-25(21)13-5-12-24-10-3-2-4-11-24;/h6-9,14-17H,2-5,10-13H2,1H3;1H. The summed E-state index contributed by atoms with van der Waals surface area (Å²) in [4.78, 5) is 6.96. The molecular formula is C21H28ClN5. The smallest absolute Gasteiger partial charge is 0.0950 e. The van der Waals surface area contributed by atoms with Gasteiger partial charge in [-0.1, -0.05) is 24.1 Å². The highest BCUT2D eigenvalue weighted by atomic mass is 35.5. The van der Waals surface area contributed by atoms with Crippen LogP contribution in [0.5, 0.6) is 0 Å². The number of hydrogen-bond donors (Lipinski definition) is 0. The van der Waals surface area contributed by atoms with E-state index in [1.165, 1.54) is 44.5 Å². The van der Waals surface area contributed by atoms with Gasteiger partial charge in [-0.2, -0.15) is 5.10 Å². The summed E-state index contributed by atoms with van der Waals surface area (Å²) in [6.07, 6.45) is 13.2. The molecule has 1 aliphatic heterocycles. The van der Waals surface area contributed by atoms with Crippen LogP contribution < -0.4 is 0 Å². The Bertz CT molecular complexity index is 830. The van der Waals surface area contributed by atoms with Crippen molar-refractivity contribution >= 4 is 12.4 Å². The first-order valence-electron chi connectivity index (χ1n) is 9.64. The molecule has 3 aromatic rings. The van der Waals surface area contributed by atoms with E-state index in [1.807, 2.05) is 23.4 Å². The number of rotatable bonds is 6. The molecule has 0 bridgehead atoms. The maximum atomic E-state index is 4.53. The van der Waals surface area contributed by atoms with Crippen molar-refractivity contribution in [2.24, 2.45) is 0 Å². The predicted molar refractivity (Wildman–Crippen MR) is 112 cm³/mol. The first kappa shape index (κ1) is 19.6. The summed E-state index contributed by atoms with van der Waals surface area (Å²) < 4.78 is 4.18. The molecule has 0 N–H and O–H groups in total. The molecule has 2 aromatic heterocycles. The second-order valence-electron chi connectivity index (χ2n) is 7.24. The zero-order chi connectivity index (χ0) is 17.8. The molecule has 1 saturated heterocycles. The van der Waals surface area contributed by atoms with Gasteiger partial charge in [0, 0.05) is 18.3 Å². The summed E-state index contributed by atoms with van der Waals surface area (Å²) in [6.45, 7) is 6.81. The number of aryl methyl sites for hydroxylation is 2. The highest BCUT2D eigenvalue weighted by Gasteiger charge is 2.11.